The van der Waals surface area contributed by atoms with Crippen LogP contribution in [0.2, 0.25) is 0 Å². The fourth-order valence-corrected chi connectivity index (χ4v) is 1.03. The van der Waals surface area contributed by atoms with Crippen LogP contribution in [0.4, 0.5) is 4.79 Å². The van der Waals surface area contributed by atoms with E-state index in [9.17, 15) is 9.90 Å². The van der Waals surface area contributed by atoms with E-state index in [2.05, 4.69) is 11.3 Å². The molecule has 0 rings (SSSR count). The lowest BCUT2D eigenvalue weighted by Gasteiger charge is -2.30. The van der Waals surface area contributed by atoms with Crippen LogP contribution in [0.15, 0.2) is 24.3 Å². The second-order valence-electron chi connectivity index (χ2n) is 3.69. The average Bonchev–Trinajstić information content (AvgIpc) is 2.02. The minimum atomic E-state index is -1.51. The minimum Gasteiger partial charge on any atom is -0.539 e. The predicted molar refractivity (Wildman–Crippen MR) is 53.7 cm³/mol. The Labute approximate surface area is 85.1 Å². The molecule has 3 nitrogen and oxygen atoms in total. The van der Waals surface area contributed by atoms with Crippen LogP contribution in [0.25, 0.3) is 0 Å². The van der Waals surface area contributed by atoms with Crippen molar-refractivity contribution in [2.45, 2.75) is 39.2 Å². The molecule has 0 aliphatic heterocycles. The van der Waals surface area contributed by atoms with Crippen LogP contribution in [-0.2, 0) is 4.74 Å². The molecule has 0 radical (unpaired) electrons. The van der Waals surface area contributed by atoms with Crippen molar-refractivity contribution in [2.75, 3.05) is 0 Å². The zero-order valence-corrected chi connectivity index (χ0v) is 9.00. The van der Waals surface area contributed by atoms with Gasteiger partial charge in [-0.2, -0.15) is 0 Å². The Morgan fingerprint density at radius 1 is 1.57 bits per heavy atom. The molecule has 0 aromatic rings. The number of allylic oxidation sites excluding steroid dienone is 2. The molecule has 0 saturated heterocycles. The van der Waals surface area contributed by atoms with Gasteiger partial charge in [-0.3, -0.25) is 0 Å². The molecular formula is C11H17O3-. The number of carbonyl (C=O) groups is 1. The van der Waals surface area contributed by atoms with Gasteiger partial charge in [-0.05, 0) is 33.6 Å². The summed E-state index contributed by atoms with van der Waals surface area (Å²) >= 11 is 0. The van der Waals surface area contributed by atoms with Crippen molar-refractivity contribution in [2.24, 2.45) is 0 Å². The van der Waals surface area contributed by atoms with Gasteiger partial charge in [-0.15, -0.1) is 6.58 Å². The smallest absolute Gasteiger partial charge is 0.252 e. The van der Waals surface area contributed by atoms with E-state index < -0.39 is 11.8 Å². The van der Waals surface area contributed by atoms with E-state index in [1.54, 1.807) is 6.92 Å². The van der Waals surface area contributed by atoms with Gasteiger partial charge >= 0.3 is 0 Å². The molecular weight excluding hydrogens is 180 g/mol. The molecule has 0 heterocycles. The van der Waals surface area contributed by atoms with Crippen molar-refractivity contribution in [3.63, 3.8) is 0 Å². The van der Waals surface area contributed by atoms with Crippen molar-refractivity contribution in [1.29, 1.82) is 0 Å². The maximum absolute atomic E-state index is 10.3. The summed E-state index contributed by atoms with van der Waals surface area (Å²) < 4.78 is 4.63. The molecule has 0 amide bonds. The number of carboxylic acid groups (broad SMARTS) is 1. The van der Waals surface area contributed by atoms with Crippen molar-refractivity contribution < 1.29 is 14.6 Å². The van der Waals surface area contributed by atoms with E-state index in [4.69, 9.17) is 0 Å². The number of carbonyl (C=O) groups excluding carboxylic acids is 1. The summed E-state index contributed by atoms with van der Waals surface area (Å²) in [7, 11) is 0. The van der Waals surface area contributed by atoms with E-state index in [-0.39, 0.29) is 0 Å². The van der Waals surface area contributed by atoms with Crippen LogP contribution in [0.3, 0.4) is 0 Å². The summed E-state index contributed by atoms with van der Waals surface area (Å²) in [6.45, 7) is 9.20. The van der Waals surface area contributed by atoms with Crippen molar-refractivity contribution in [1.82, 2.24) is 0 Å². The van der Waals surface area contributed by atoms with Crippen LogP contribution in [0.5, 0.6) is 0 Å². The third kappa shape index (κ3) is 5.41. The first-order chi connectivity index (χ1) is 6.39. The van der Waals surface area contributed by atoms with Gasteiger partial charge in [0.1, 0.15) is 0 Å². The van der Waals surface area contributed by atoms with Gasteiger partial charge in [0, 0.05) is 0 Å². The fourth-order valence-electron chi connectivity index (χ4n) is 1.03. The Morgan fingerprint density at radius 2 is 2.14 bits per heavy atom. The van der Waals surface area contributed by atoms with Crippen molar-refractivity contribution in [3.05, 3.63) is 24.3 Å². The van der Waals surface area contributed by atoms with E-state index in [1.165, 1.54) is 11.6 Å². The Balaban J connectivity index is 4.19. The molecule has 0 saturated carbocycles. The van der Waals surface area contributed by atoms with Crippen LogP contribution in [0.1, 0.15) is 33.6 Å². The minimum absolute atomic E-state index is 0.579. The average molecular weight is 197 g/mol. The molecule has 0 N–H and O–H groups in total. The second kappa shape index (κ2) is 5.47. The summed E-state index contributed by atoms with van der Waals surface area (Å²) in [5.41, 5.74) is 0.356. The van der Waals surface area contributed by atoms with Crippen LogP contribution < -0.4 is 5.11 Å². The molecule has 1 unspecified atom stereocenters. The van der Waals surface area contributed by atoms with Gasteiger partial charge in [-0.1, -0.05) is 17.7 Å². The van der Waals surface area contributed by atoms with E-state index in [0.29, 0.717) is 6.42 Å². The maximum Gasteiger partial charge on any atom is 0.252 e. The molecule has 14 heavy (non-hydrogen) atoms. The zero-order valence-electron chi connectivity index (χ0n) is 9.00. The number of hydrogen-bond acceptors (Lipinski definition) is 3. The summed E-state index contributed by atoms with van der Waals surface area (Å²) in [4.78, 5) is 10.3. The van der Waals surface area contributed by atoms with Crippen molar-refractivity contribution in [3.8, 4) is 0 Å². The van der Waals surface area contributed by atoms with E-state index in [1.807, 2.05) is 19.9 Å². The molecule has 80 valence electrons. The summed E-state index contributed by atoms with van der Waals surface area (Å²) in [5.74, 6) is 0. The SMILES string of the molecule is C=CC(C)(CCC=C(C)C)OC(=O)[O-]. The number of hydrogen-bond donors (Lipinski definition) is 0. The molecule has 0 aliphatic carbocycles. The molecule has 3 heteroatoms. The van der Waals surface area contributed by atoms with E-state index >= 15 is 0 Å². The third-order valence-corrected chi connectivity index (χ3v) is 1.94. The van der Waals surface area contributed by atoms with Gasteiger partial charge < -0.3 is 14.6 Å². The lowest BCUT2D eigenvalue weighted by molar-refractivity contribution is -0.291. The maximum atomic E-state index is 10.3. The van der Waals surface area contributed by atoms with Gasteiger partial charge in [0.2, 0.25) is 0 Å². The number of ether oxygens (including phenoxy) is 1. The highest BCUT2D eigenvalue weighted by atomic mass is 16.7. The normalized spacial score (nSPS) is 13.9. The Hall–Kier alpha value is -1.25. The van der Waals surface area contributed by atoms with Gasteiger partial charge in [0.25, 0.3) is 6.16 Å². The first kappa shape index (κ1) is 12.8. The largest absolute Gasteiger partial charge is 0.539 e. The second-order valence-corrected chi connectivity index (χ2v) is 3.69. The van der Waals surface area contributed by atoms with Gasteiger partial charge in [-0.25, -0.2) is 0 Å². The molecule has 0 aromatic heterocycles. The molecule has 1 atom stereocenters. The zero-order chi connectivity index (χ0) is 11.2. The molecule has 0 aliphatic rings. The van der Waals surface area contributed by atoms with E-state index in [0.717, 1.165) is 6.42 Å². The van der Waals surface area contributed by atoms with Gasteiger partial charge in [0.05, 0.1) is 5.60 Å². The third-order valence-electron chi connectivity index (χ3n) is 1.94. The molecule has 0 aromatic carbocycles. The first-order valence-corrected chi connectivity index (χ1v) is 4.56. The fraction of sp³-hybridized carbons (Fsp3) is 0.545. The Morgan fingerprint density at radius 3 is 2.50 bits per heavy atom. The first-order valence-electron chi connectivity index (χ1n) is 4.56. The van der Waals surface area contributed by atoms with Crippen LogP contribution in [-0.4, -0.2) is 11.8 Å². The highest BCUT2D eigenvalue weighted by Crippen LogP contribution is 2.19. The topological polar surface area (TPSA) is 49.4 Å². The summed E-state index contributed by atoms with van der Waals surface area (Å²) in [6.07, 6.45) is 3.35. The Bertz CT molecular complexity index is 239. The highest BCUT2D eigenvalue weighted by Gasteiger charge is 2.17. The predicted octanol–water partition coefficient (Wildman–Crippen LogP) is 2.04. The quantitative estimate of drug-likeness (QED) is 0.500. The standard InChI is InChI=1S/C11H18O3/c1-5-11(4,14-10(12)13)8-6-7-9(2)3/h5,7H,1,6,8H2,2-4H3,(H,12,13)/p-1. The van der Waals surface area contributed by atoms with Crippen LogP contribution >= 0.6 is 0 Å². The highest BCUT2D eigenvalue weighted by molar-refractivity contribution is 5.55. The monoisotopic (exact) mass is 197 g/mol. The Kier molecular flexibility index (Phi) is 4.99. The number of rotatable bonds is 5. The lowest BCUT2D eigenvalue weighted by Crippen LogP contribution is -2.36. The van der Waals surface area contributed by atoms with Gasteiger partial charge in [0.15, 0.2) is 0 Å². The lowest BCUT2D eigenvalue weighted by atomic mass is 9.99. The van der Waals surface area contributed by atoms with Crippen molar-refractivity contribution >= 4 is 6.16 Å². The summed E-state index contributed by atoms with van der Waals surface area (Å²) in [6, 6.07) is 0. The van der Waals surface area contributed by atoms with Crippen LogP contribution in [0, 0.1) is 0 Å². The molecule has 0 fully saturated rings. The summed E-state index contributed by atoms with van der Waals surface area (Å²) in [5, 5.41) is 10.3. The molecule has 0 bridgehead atoms. The molecule has 0 spiro atoms.